The molecule has 2 N–H and O–H groups in total. The SMILES string of the molecule is CC1CCC(NC(=O)c2ccc(S(C)(=O)=O)cc2)C(C)N1. The van der Waals surface area contributed by atoms with Crippen LogP contribution >= 0.6 is 0 Å². The maximum Gasteiger partial charge on any atom is 0.251 e. The predicted molar refractivity (Wildman–Crippen MR) is 82.1 cm³/mol. The number of amides is 1. The van der Waals surface area contributed by atoms with Crippen molar-refractivity contribution in [3.63, 3.8) is 0 Å². The van der Waals surface area contributed by atoms with E-state index in [-0.39, 0.29) is 22.9 Å². The molecule has 1 heterocycles. The molecular weight excluding hydrogens is 288 g/mol. The Morgan fingerprint density at radius 3 is 2.33 bits per heavy atom. The lowest BCUT2D eigenvalue weighted by Crippen LogP contribution is -2.54. The zero-order chi connectivity index (χ0) is 15.6. The number of hydrogen-bond acceptors (Lipinski definition) is 4. The van der Waals surface area contributed by atoms with E-state index in [1.54, 1.807) is 12.1 Å². The summed E-state index contributed by atoms with van der Waals surface area (Å²) in [5.41, 5.74) is 0.480. The molecule has 0 aliphatic carbocycles. The Hall–Kier alpha value is -1.40. The van der Waals surface area contributed by atoms with E-state index in [0.29, 0.717) is 11.6 Å². The molecule has 3 atom stereocenters. The van der Waals surface area contributed by atoms with E-state index in [1.165, 1.54) is 12.1 Å². The summed E-state index contributed by atoms with van der Waals surface area (Å²) in [4.78, 5) is 12.4. The van der Waals surface area contributed by atoms with Crippen LogP contribution in [0.4, 0.5) is 0 Å². The van der Waals surface area contributed by atoms with Crippen LogP contribution in [0.3, 0.4) is 0 Å². The van der Waals surface area contributed by atoms with Gasteiger partial charge in [-0.2, -0.15) is 0 Å². The van der Waals surface area contributed by atoms with E-state index in [1.807, 2.05) is 0 Å². The number of rotatable bonds is 3. The second-order valence-electron chi connectivity index (χ2n) is 5.81. The number of nitrogens with one attached hydrogen (secondary N) is 2. The summed E-state index contributed by atoms with van der Waals surface area (Å²) in [5, 5.41) is 6.43. The van der Waals surface area contributed by atoms with Gasteiger partial charge < -0.3 is 10.6 Å². The van der Waals surface area contributed by atoms with Gasteiger partial charge in [-0.3, -0.25) is 4.79 Å². The molecule has 1 saturated heterocycles. The number of carbonyl (C=O) groups excluding carboxylic acids is 1. The van der Waals surface area contributed by atoms with Gasteiger partial charge in [-0.25, -0.2) is 8.42 Å². The van der Waals surface area contributed by atoms with Crippen LogP contribution in [0.25, 0.3) is 0 Å². The van der Waals surface area contributed by atoms with Crippen molar-refractivity contribution in [2.75, 3.05) is 6.26 Å². The fraction of sp³-hybridized carbons (Fsp3) is 0.533. The highest BCUT2D eigenvalue weighted by atomic mass is 32.2. The minimum atomic E-state index is -3.23. The molecule has 1 aromatic rings. The Kier molecular flexibility index (Phi) is 4.68. The third kappa shape index (κ3) is 4.04. The molecule has 2 rings (SSSR count). The summed E-state index contributed by atoms with van der Waals surface area (Å²) in [7, 11) is -3.23. The van der Waals surface area contributed by atoms with Crippen molar-refractivity contribution < 1.29 is 13.2 Å². The second kappa shape index (κ2) is 6.15. The number of hydrogen-bond donors (Lipinski definition) is 2. The molecular formula is C15H22N2O3S. The highest BCUT2D eigenvalue weighted by Gasteiger charge is 2.26. The molecule has 0 radical (unpaired) electrons. The average molecular weight is 310 g/mol. The Balaban J connectivity index is 2.04. The van der Waals surface area contributed by atoms with Crippen LogP contribution in [-0.2, 0) is 9.84 Å². The first kappa shape index (κ1) is 16.0. The summed E-state index contributed by atoms with van der Waals surface area (Å²) in [5.74, 6) is -0.164. The van der Waals surface area contributed by atoms with Crippen LogP contribution in [0.5, 0.6) is 0 Å². The van der Waals surface area contributed by atoms with Crippen LogP contribution in [0.2, 0.25) is 0 Å². The highest BCUT2D eigenvalue weighted by Crippen LogP contribution is 2.15. The zero-order valence-electron chi connectivity index (χ0n) is 12.6. The molecule has 3 unspecified atom stereocenters. The number of piperidine rings is 1. The van der Waals surface area contributed by atoms with Crippen LogP contribution < -0.4 is 10.6 Å². The second-order valence-corrected chi connectivity index (χ2v) is 7.83. The van der Waals surface area contributed by atoms with Crippen LogP contribution in [0, 0.1) is 0 Å². The molecule has 1 amide bonds. The van der Waals surface area contributed by atoms with Gasteiger partial charge in [-0.15, -0.1) is 0 Å². The van der Waals surface area contributed by atoms with Gasteiger partial charge in [0.2, 0.25) is 0 Å². The molecule has 21 heavy (non-hydrogen) atoms. The lowest BCUT2D eigenvalue weighted by molar-refractivity contribution is 0.0914. The van der Waals surface area contributed by atoms with Crippen molar-refractivity contribution in [2.24, 2.45) is 0 Å². The molecule has 0 spiro atoms. The summed E-state index contributed by atoms with van der Waals surface area (Å²) in [6, 6.07) is 6.84. The van der Waals surface area contributed by atoms with E-state index in [2.05, 4.69) is 24.5 Å². The fourth-order valence-corrected chi connectivity index (χ4v) is 3.26. The fourth-order valence-electron chi connectivity index (χ4n) is 2.63. The number of benzene rings is 1. The van der Waals surface area contributed by atoms with E-state index in [0.717, 1.165) is 19.1 Å². The molecule has 5 nitrogen and oxygen atoms in total. The molecule has 1 aromatic carbocycles. The highest BCUT2D eigenvalue weighted by molar-refractivity contribution is 7.90. The maximum atomic E-state index is 12.2. The lowest BCUT2D eigenvalue weighted by Gasteiger charge is -2.34. The molecule has 0 saturated carbocycles. The Labute approximate surface area is 126 Å². The quantitative estimate of drug-likeness (QED) is 0.883. The first-order valence-corrected chi connectivity index (χ1v) is 9.03. The molecule has 1 aliphatic heterocycles. The summed E-state index contributed by atoms with van der Waals surface area (Å²) in [6.45, 7) is 4.20. The third-order valence-corrected chi connectivity index (χ3v) is 5.05. The van der Waals surface area contributed by atoms with Crippen molar-refractivity contribution in [3.05, 3.63) is 29.8 Å². The van der Waals surface area contributed by atoms with Gasteiger partial charge >= 0.3 is 0 Å². The average Bonchev–Trinajstić information content (AvgIpc) is 2.41. The third-order valence-electron chi connectivity index (χ3n) is 3.92. The van der Waals surface area contributed by atoms with Crippen molar-refractivity contribution in [1.29, 1.82) is 0 Å². The Bertz CT molecular complexity index is 610. The Morgan fingerprint density at radius 2 is 1.81 bits per heavy atom. The van der Waals surface area contributed by atoms with Crippen molar-refractivity contribution in [3.8, 4) is 0 Å². The van der Waals surface area contributed by atoms with E-state index in [9.17, 15) is 13.2 Å². The molecule has 116 valence electrons. The van der Waals surface area contributed by atoms with Gasteiger partial charge in [-0.05, 0) is 51.0 Å². The summed E-state index contributed by atoms with van der Waals surface area (Å²) >= 11 is 0. The van der Waals surface area contributed by atoms with Gasteiger partial charge in [0.1, 0.15) is 0 Å². The lowest BCUT2D eigenvalue weighted by atomic mass is 9.95. The van der Waals surface area contributed by atoms with Crippen LogP contribution in [-0.4, -0.2) is 38.7 Å². The molecule has 1 fully saturated rings. The Morgan fingerprint density at radius 1 is 1.19 bits per heavy atom. The topological polar surface area (TPSA) is 75.3 Å². The molecule has 0 bridgehead atoms. The first-order valence-electron chi connectivity index (χ1n) is 7.14. The molecule has 6 heteroatoms. The van der Waals surface area contributed by atoms with Gasteiger partial charge in [0.25, 0.3) is 5.91 Å². The minimum absolute atomic E-state index is 0.100. The largest absolute Gasteiger partial charge is 0.348 e. The molecule has 0 aromatic heterocycles. The smallest absolute Gasteiger partial charge is 0.251 e. The summed E-state index contributed by atoms with van der Waals surface area (Å²) in [6.07, 6.45) is 3.13. The van der Waals surface area contributed by atoms with E-state index >= 15 is 0 Å². The van der Waals surface area contributed by atoms with Gasteiger partial charge in [0.05, 0.1) is 4.90 Å². The number of sulfone groups is 1. The van der Waals surface area contributed by atoms with Gasteiger partial charge in [0.15, 0.2) is 9.84 Å². The van der Waals surface area contributed by atoms with Crippen LogP contribution in [0.15, 0.2) is 29.2 Å². The normalized spacial score (nSPS) is 26.3. The van der Waals surface area contributed by atoms with Crippen molar-refractivity contribution >= 4 is 15.7 Å². The number of carbonyl (C=O) groups is 1. The predicted octanol–water partition coefficient (Wildman–Crippen LogP) is 1.35. The maximum absolute atomic E-state index is 12.2. The van der Waals surface area contributed by atoms with Crippen molar-refractivity contribution in [1.82, 2.24) is 10.6 Å². The van der Waals surface area contributed by atoms with Crippen LogP contribution in [0.1, 0.15) is 37.0 Å². The van der Waals surface area contributed by atoms with Gasteiger partial charge in [-0.1, -0.05) is 0 Å². The van der Waals surface area contributed by atoms with Crippen molar-refractivity contribution in [2.45, 2.75) is 49.7 Å². The van der Waals surface area contributed by atoms with E-state index in [4.69, 9.17) is 0 Å². The zero-order valence-corrected chi connectivity index (χ0v) is 13.4. The summed E-state index contributed by atoms with van der Waals surface area (Å²) < 4.78 is 22.8. The van der Waals surface area contributed by atoms with E-state index < -0.39 is 9.84 Å². The minimum Gasteiger partial charge on any atom is -0.348 e. The monoisotopic (exact) mass is 310 g/mol. The van der Waals surface area contributed by atoms with Gasteiger partial charge in [0, 0.05) is 29.9 Å². The first-order chi connectivity index (χ1) is 9.77. The molecule has 1 aliphatic rings. The standard InChI is InChI=1S/C15H22N2O3S/c1-10-4-9-14(11(2)16-10)17-15(18)12-5-7-13(8-6-12)21(3,19)20/h5-8,10-11,14,16H,4,9H2,1-3H3,(H,17,18).